The fourth-order valence-electron chi connectivity index (χ4n) is 2.63. The number of rotatable bonds is 5. The van der Waals surface area contributed by atoms with E-state index in [1.807, 2.05) is 0 Å². The Labute approximate surface area is 116 Å². The van der Waals surface area contributed by atoms with Crippen LogP contribution in [0.1, 0.15) is 19.3 Å². The summed E-state index contributed by atoms with van der Waals surface area (Å²) >= 11 is 0. The monoisotopic (exact) mass is 277 g/mol. The predicted octanol–water partition coefficient (Wildman–Crippen LogP) is 1.57. The third kappa shape index (κ3) is 2.80. The molecule has 0 unspecified atom stereocenters. The lowest BCUT2D eigenvalue weighted by molar-refractivity contribution is 0.263. The number of aromatic amines is 1. The van der Waals surface area contributed by atoms with E-state index in [0.717, 1.165) is 13.0 Å². The molecule has 0 aliphatic carbocycles. The van der Waals surface area contributed by atoms with Gasteiger partial charge < -0.3 is 19.8 Å². The topological polar surface area (TPSA) is 84.5 Å². The average molecular weight is 277 g/mol. The molecule has 0 amide bonds. The maximum atomic E-state index is 11.2. The molecule has 1 fully saturated rings. The van der Waals surface area contributed by atoms with Crippen molar-refractivity contribution in [1.29, 1.82) is 0 Å². The lowest BCUT2D eigenvalue weighted by Crippen LogP contribution is -2.21. The van der Waals surface area contributed by atoms with Crippen LogP contribution in [0.15, 0.2) is 21.3 Å². The molecule has 6 nitrogen and oxygen atoms in total. The van der Waals surface area contributed by atoms with Crippen molar-refractivity contribution in [2.75, 3.05) is 32.0 Å². The molecule has 3 rings (SSSR count). The molecule has 20 heavy (non-hydrogen) atoms. The third-order valence-electron chi connectivity index (χ3n) is 3.58. The fraction of sp³-hybridized carbons (Fsp3) is 0.500. The van der Waals surface area contributed by atoms with Gasteiger partial charge in [0.15, 0.2) is 11.3 Å². The lowest BCUT2D eigenvalue weighted by Gasteiger charge is -2.14. The molecule has 0 saturated carbocycles. The van der Waals surface area contributed by atoms with Gasteiger partial charge in [0.1, 0.15) is 0 Å². The number of nitrogens with one attached hydrogen (secondary N) is 1. The van der Waals surface area contributed by atoms with Gasteiger partial charge in [-0.3, -0.25) is 4.98 Å². The lowest BCUT2D eigenvalue weighted by atomic mass is 10.2. The number of aromatic nitrogens is 1. The molecule has 1 saturated heterocycles. The summed E-state index contributed by atoms with van der Waals surface area (Å²) in [6.07, 6.45) is 3.54. The summed E-state index contributed by atoms with van der Waals surface area (Å²) in [6.45, 7) is 4.01. The van der Waals surface area contributed by atoms with Crippen LogP contribution in [0.3, 0.4) is 0 Å². The van der Waals surface area contributed by atoms with Gasteiger partial charge >= 0.3 is 5.76 Å². The van der Waals surface area contributed by atoms with Crippen LogP contribution >= 0.6 is 0 Å². The van der Waals surface area contributed by atoms with Crippen molar-refractivity contribution in [2.45, 2.75) is 19.3 Å². The van der Waals surface area contributed by atoms with Crippen molar-refractivity contribution < 1.29 is 9.15 Å². The minimum absolute atomic E-state index is 0.436. The molecule has 1 aliphatic heterocycles. The Morgan fingerprint density at radius 2 is 2.15 bits per heavy atom. The first-order valence-corrected chi connectivity index (χ1v) is 7.00. The second kappa shape index (κ2) is 5.58. The molecule has 3 N–H and O–H groups in total. The Bertz CT molecular complexity index is 641. The van der Waals surface area contributed by atoms with Gasteiger partial charge in [-0.25, -0.2) is 4.79 Å². The molecule has 2 heterocycles. The quantitative estimate of drug-likeness (QED) is 0.640. The number of hydrogen-bond donors (Lipinski definition) is 2. The second-order valence-electron chi connectivity index (χ2n) is 5.16. The second-order valence-corrected chi connectivity index (χ2v) is 5.16. The van der Waals surface area contributed by atoms with Crippen molar-refractivity contribution in [2.24, 2.45) is 0 Å². The van der Waals surface area contributed by atoms with Crippen LogP contribution in [-0.4, -0.2) is 36.1 Å². The molecular weight excluding hydrogens is 258 g/mol. The van der Waals surface area contributed by atoms with E-state index in [4.69, 9.17) is 14.9 Å². The normalized spacial score (nSPS) is 16.0. The first-order valence-electron chi connectivity index (χ1n) is 7.00. The van der Waals surface area contributed by atoms with Crippen molar-refractivity contribution in [1.82, 2.24) is 9.88 Å². The van der Waals surface area contributed by atoms with Gasteiger partial charge in [-0.15, -0.1) is 0 Å². The minimum atomic E-state index is -0.493. The van der Waals surface area contributed by atoms with Crippen LogP contribution in [0, 0.1) is 0 Å². The minimum Gasteiger partial charge on any atom is -0.489 e. The van der Waals surface area contributed by atoms with Crippen LogP contribution in [0.2, 0.25) is 0 Å². The standard InChI is InChI=1S/C14H19N3O3/c15-10-8-11-13(20-14(18)16-11)12(9-10)19-7-3-6-17-4-1-2-5-17/h8-9H,1-7,15H2,(H,16,18). The molecule has 0 atom stereocenters. The number of likely N-dealkylation sites (tertiary alicyclic amines) is 1. The zero-order valence-electron chi connectivity index (χ0n) is 11.4. The smallest absolute Gasteiger partial charge is 0.417 e. The number of ether oxygens (including phenoxy) is 1. The number of anilines is 1. The van der Waals surface area contributed by atoms with Gasteiger partial charge in [0.25, 0.3) is 0 Å². The maximum Gasteiger partial charge on any atom is 0.417 e. The Morgan fingerprint density at radius 1 is 1.35 bits per heavy atom. The van der Waals surface area contributed by atoms with Crippen LogP contribution in [0.4, 0.5) is 5.69 Å². The summed E-state index contributed by atoms with van der Waals surface area (Å²) in [7, 11) is 0. The Hall–Kier alpha value is -1.95. The summed E-state index contributed by atoms with van der Waals surface area (Å²) in [5.41, 5.74) is 7.34. The number of benzene rings is 1. The SMILES string of the molecule is Nc1cc(OCCCN2CCCC2)c2oc(=O)[nH]c2c1. The van der Waals surface area contributed by atoms with Gasteiger partial charge in [0.05, 0.1) is 12.1 Å². The highest BCUT2D eigenvalue weighted by Gasteiger charge is 2.12. The number of oxazole rings is 1. The van der Waals surface area contributed by atoms with Gasteiger partial charge in [-0.05, 0) is 38.4 Å². The van der Waals surface area contributed by atoms with E-state index in [1.165, 1.54) is 25.9 Å². The van der Waals surface area contributed by atoms with E-state index in [0.29, 0.717) is 29.1 Å². The number of nitrogens with two attached hydrogens (primary N) is 1. The van der Waals surface area contributed by atoms with Crippen LogP contribution in [0.5, 0.6) is 5.75 Å². The Kier molecular flexibility index (Phi) is 3.64. The summed E-state index contributed by atoms with van der Waals surface area (Å²) in [5.74, 6) is 0.0345. The van der Waals surface area contributed by atoms with Gasteiger partial charge in [-0.1, -0.05) is 0 Å². The number of H-pyrrole nitrogens is 1. The van der Waals surface area contributed by atoms with Gasteiger partial charge in [0, 0.05) is 18.3 Å². The van der Waals surface area contributed by atoms with Crippen molar-refractivity contribution >= 4 is 16.8 Å². The van der Waals surface area contributed by atoms with Crippen molar-refractivity contribution in [3.05, 3.63) is 22.7 Å². The van der Waals surface area contributed by atoms with Crippen LogP contribution < -0.4 is 16.2 Å². The molecule has 1 aliphatic rings. The highest BCUT2D eigenvalue weighted by molar-refractivity contribution is 5.82. The summed E-state index contributed by atoms with van der Waals surface area (Å²) < 4.78 is 10.8. The zero-order valence-corrected chi connectivity index (χ0v) is 11.4. The predicted molar refractivity (Wildman–Crippen MR) is 77.0 cm³/mol. The van der Waals surface area contributed by atoms with E-state index in [1.54, 1.807) is 12.1 Å². The Morgan fingerprint density at radius 3 is 2.95 bits per heavy atom. The molecule has 2 aromatic rings. The molecule has 0 spiro atoms. The molecule has 0 bridgehead atoms. The fourth-order valence-corrected chi connectivity index (χ4v) is 2.63. The van der Waals surface area contributed by atoms with E-state index < -0.39 is 5.76 Å². The summed E-state index contributed by atoms with van der Waals surface area (Å²) in [5, 5.41) is 0. The molecule has 0 radical (unpaired) electrons. The highest BCUT2D eigenvalue weighted by Crippen LogP contribution is 2.27. The summed E-state index contributed by atoms with van der Waals surface area (Å²) in [4.78, 5) is 16.3. The number of nitrogens with zero attached hydrogens (tertiary/aromatic N) is 1. The maximum absolute atomic E-state index is 11.2. The summed E-state index contributed by atoms with van der Waals surface area (Å²) in [6, 6.07) is 3.35. The van der Waals surface area contributed by atoms with Crippen LogP contribution in [0.25, 0.3) is 11.1 Å². The third-order valence-corrected chi connectivity index (χ3v) is 3.58. The van der Waals surface area contributed by atoms with E-state index in [-0.39, 0.29) is 0 Å². The first-order chi connectivity index (χ1) is 9.72. The highest BCUT2D eigenvalue weighted by atomic mass is 16.5. The molecule has 108 valence electrons. The van der Waals surface area contributed by atoms with E-state index in [2.05, 4.69) is 9.88 Å². The first kappa shape index (κ1) is 13.1. The number of hydrogen-bond acceptors (Lipinski definition) is 5. The largest absolute Gasteiger partial charge is 0.489 e. The molecular formula is C14H19N3O3. The number of fused-ring (bicyclic) bond motifs is 1. The van der Waals surface area contributed by atoms with Gasteiger partial charge in [0.2, 0.25) is 0 Å². The number of nitrogen functional groups attached to an aromatic ring is 1. The van der Waals surface area contributed by atoms with E-state index in [9.17, 15) is 4.79 Å². The van der Waals surface area contributed by atoms with Crippen molar-refractivity contribution in [3.8, 4) is 5.75 Å². The van der Waals surface area contributed by atoms with Crippen LogP contribution in [-0.2, 0) is 0 Å². The molecule has 1 aromatic carbocycles. The van der Waals surface area contributed by atoms with E-state index >= 15 is 0 Å². The van der Waals surface area contributed by atoms with Gasteiger partial charge in [-0.2, -0.15) is 0 Å². The van der Waals surface area contributed by atoms with Crippen molar-refractivity contribution in [3.63, 3.8) is 0 Å². The zero-order chi connectivity index (χ0) is 13.9. The molecule has 1 aromatic heterocycles. The average Bonchev–Trinajstić information content (AvgIpc) is 3.02. The Balaban J connectivity index is 1.63. The molecule has 6 heteroatoms.